The Morgan fingerprint density at radius 2 is 0.806 bits per heavy atom. The summed E-state index contributed by atoms with van der Waals surface area (Å²) in [5.74, 6) is 1.95. The van der Waals surface area contributed by atoms with Crippen molar-refractivity contribution in [2.75, 3.05) is 0 Å². The minimum absolute atomic E-state index is 0.456. The Morgan fingerprint density at radius 1 is 0.306 bits per heavy atom. The van der Waals surface area contributed by atoms with Crippen LogP contribution in [-0.4, -0.2) is 19.5 Å². The minimum Gasteiger partial charge on any atom is -0.309 e. The van der Waals surface area contributed by atoms with Crippen LogP contribution in [0.25, 0.3) is 95.0 Å². The van der Waals surface area contributed by atoms with E-state index in [0.29, 0.717) is 17.5 Å². The van der Waals surface area contributed by atoms with E-state index in [1.807, 2.05) is 60.7 Å². The van der Waals surface area contributed by atoms with E-state index in [2.05, 4.69) is 162 Å². The molecular formula is C58H36N4. The number of nitrogens with zero attached hydrogens (tertiary/aromatic N) is 4. The van der Waals surface area contributed by atoms with Gasteiger partial charge in [0.15, 0.2) is 17.5 Å². The normalized spacial score (nSPS) is 14.5. The molecule has 2 aromatic heterocycles. The Kier molecular flexibility index (Phi) is 7.49. The molecule has 62 heavy (non-hydrogen) atoms. The third-order valence-electron chi connectivity index (χ3n) is 13.1. The van der Waals surface area contributed by atoms with E-state index >= 15 is 0 Å². The Balaban J connectivity index is 0.906. The van der Waals surface area contributed by atoms with Crippen molar-refractivity contribution in [2.45, 2.75) is 5.41 Å². The first-order chi connectivity index (χ1) is 30.7. The van der Waals surface area contributed by atoms with Crippen LogP contribution in [0.4, 0.5) is 0 Å². The third-order valence-corrected chi connectivity index (χ3v) is 13.1. The molecule has 1 unspecified atom stereocenters. The lowest BCUT2D eigenvalue weighted by Gasteiger charge is -2.39. The van der Waals surface area contributed by atoms with E-state index in [1.165, 1.54) is 72.0 Å². The molecule has 1 aliphatic heterocycles. The summed E-state index contributed by atoms with van der Waals surface area (Å²) in [6, 6.07) is 78.7. The maximum absolute atomic E-state index is 4.99. The lowest BCUT2D eigenvalue weighted by molar-refractivity contribution is 0.748. The van der Waals surface area contributed by atoms with Gasteiger partial charge < -0.3 is 4.57 Å². The van der Waals surface area contributed by atoms with Gasteiger partial charge in [-0.05, 0) is 79.9 Å². The molecule has 0 fully saturated rings. The summed E-state index contributed by atoms with van der Waals surface area (Å²) in [7, 11) is 0. The first kappa shape index (κ1) is 34.6. The second-order valence-corrected chi connectivity index (χ2v) is 16.3. The zero-order valence-electron chi connectivity index (χ0n) is 33.6. The summed E-state index contributed by atoms with van der Waals surface area (Å²) in [5.41, 5.74) is 18.7. The van der Waals surface area contributed by atoms with Gasteiger partial charge >= 0.3 is 0 Å². The van der Waals surface area contributed by atoms with E-state index in [4.69, 9.17) is 15.0 Å². The fourth-order valence-electron chi connectivity index (χ4n) is 10.4. The second-order valence-electron chi connectivity index (χ2n) is 16.3. The van der Waals surface area contributed by atoms with Crippen molar-refractivity contribution in [3.8, 4) is 73.2 Å². The van der Waals surface area contributed by atoms with Gasteiger partial charge in [0.2, 0.25) is 0 Å². The molecule has 13 rings (SSSR count). The maximum Gasteiger partial charge on any atom is 0.164 e. The molecule has 0 amide bonds. The van der Waals surface area contributed by atoms with Gasteiger partial charge in [-0.15, -0.1) is 0 Å². The van der Waals surface area contributed by atoms with Crippen LogP contribution in [0.2, 0.25) is 0 Å². The van der Waals surface area contributed by atoms with E-state index in [1.54, 1.807) is 0 Å². The number of aromatic nitrogens is 4. The molecule has 9 aromatic carbocycles. The Labute approximate surface area is 359 Å². The number of hydrogen-bond acceptors (Lipinski definition) is 3. The fourth-order valence-corrected chi connectivity index (χ4v) is 10.4. The number of hydrogen-bond donors (Lipinski definition) is 0. The van der Waals surface area contributed by atoms with Gasteiger partial charge in [0.1, 0.15) is 0 Å². The number of fused-ring (bicyclic) bond motifs is 12. The van der Waals surface area contributed by atoms with E-state index < -0.39 is 5.41 Å². The summed E-state index contributed by atoms with van der Waals surface area (Å²) < 4.78 is 2.50. The molecule has 1 spiro atoms. The van der Waals surface area contributed by atoms with Crippen LogP contribution in [0.5, 0.6) is 0 Å². The van der Waals surface area contributed by atoms with Gasteiger partial charge in [0, 0.05) is 27.5 Å². The summed E-state index contributed by atoms with van der Waals surface area (Å²) in [6.07, 6.45) is 0. The highest BCUT2D eigenvalue weighted by atomic mass is 15.0. The van der Waals surface area contributed by atoms with Crippen molar-refractivity contribution >= 4 is 21.8 Å². The maximum atomic E-state index is 4.99. The predicted octanol–water partition coefficient (Wildman–Crippen LogP) is 14.0. The average molecular weight is 789 g/mol. The highest BCUT2D eigenvalue weighted by Gasteiger charge is 2.50. The molecule has 1 aliphatic carbocycles. The van der Waals surface area contributed by atoms with Crippen LogP contribution in [0, 0.1) is 0 Å². The first-order valence-electron chi connectivity index (χ1n) is 21.2. The number of rotatable bonds is 5. The van der Waals surface area contributed by atoms with Crippen LogP contribution in [0.3, 0.4) is 0 Å². The predicted molar refractivity (Wildman–Crippen MR) is 252 cm³/mol. The number of benzene rings is 9. The minimum atomic E-state index is -0.456. The van der Waals surface area contributed by atoms with Crippen LogP contribution in [0.1, 0.15) is 22.3 Å². The SMILES string of the molecule is c1ccc(-c2nc(-c3ccccc3)nc(-c3cccc(-c4ccc(-c5ccc6c(c5)-c5ccccc5C65c6ccccc6-n6c7ccccc7c7cccc5c76)cc4)c3)n2)cc1. The van der Waals surface area contributed by atoms with Crippen LogP contribution < -0.4 is 0 Å². The summed E-state index contributed by atoms with van der Waals surface area (Å²) in [4.78, 5) is 14.9. The highest BCUT2D eigenvalue weighted by Crippen LogP contribution is 2.61. The van der Waals surface area contributed by atoms with Gasteiger partial charge in [0.25, 0.3) is 0 Å². The molecule has 0 saturated heterocycles. The van der Waals surface area contributed by atoms with E-state index in [0.717, 1.165) is 27.8 Å². The van der Waals surface area contributed by atoms with Crippen LogP contribution in [-0.2, 0) is 5.41 Å². The summed E-state index contributed by atoms with van der Waals surface area (Å²) in [6.45, 7) is 0. The lowest BCUT2D eigenvalue weighted by atomic mass is 9.65. The lowest BCUT2D eigenvalue weighted by Crippen LogP contribution is -2.33. The average Bonchev–Trinajstić information content (AvgIpc) is 3.85. The van der Waals surface area contributed by atoms with Crippen molar-refractivity contribution < 1.29 is 0 Å². The molecule has 1 atom stereocenters. The Hall–Kier alpha value is -8.21. The van der Waals surface area contributed by atoms with E-state index in [-0.39, 0.29) is 0 Å². The van der Waals surface area contributed by atoms with E-state index in [9.17, 15) is 0 Å². The van der Waals surface area contributed by atoms with Gasteiger partial charge in [-0.25, -0.2) is 15.0 Å². The zero-order chi connectivity index (χ0) is 40.8. The molecule has 0 bridgehead atoms. The molecular weight excluding hydrogens is 753 g/mol. The monoisotopic (exact) mass is 788 g/mol. The van der Waals surface area contributed by atoms with Gasteiger partial charge in [-0.2, -0.15) is 0 Å². The zero-order valence-corrected chi connectivity index (χ0v) is 33.6. The first-order valence-corrected chi connectivity index (χ1v) is 21.2. The molecule has 3 heterocycles. The molecule has 0 N–H and O–H groups in total. The Bertz CT molecular complexity index is 3510. The molecule has 288 valence electrons. The van der Waals surface area contributed by atoms with Crippen molar-refractivity contribution in [2.24, 2.45) is 0 Å². The third kappa shape index (κ3) is 4.98. The van der Waals surface area contributed by atoms with Crippen LogP contribution in [0.15, 0.2) is 218 Å². The number of para-hydroxylation sites is 3. The van der Waals surface area contributed by atoms with Gasteiger partial charge in [-0.1, -0.05) is 194 Å². The molecule has 0 radical (unpaired) electrons. The van der Waals surface area contributed by atoms with Gasteiger partial charge in [-0.3, -0.25) is 0 Å². The molecule has 4 heteroatoms. The molecule has 0 saturated carbocycles. The summed E-state index contributed by atoms with van der Waals surface area (Å²) in [5, 5.41) is 2.58. The molecule has 4 nitrogen and oxygen atoms in total. The van der Waals surface area contributed by atoms with Crippen molar-refractivity contribution in [3.05, 3.63) is 241 Å². The van der Waals surface area contributed by atoms with Crippen molar-refractivity contribution in [1.29, 1.82) is 0 Å². The summed E-state index contributed by atoms with van der Waals surface area (Å²) >= 11 is 0. The van der Waals surface area contributed by atoms with Crippen molar-refractivity contribution in [1.82, 2.24) is 19.5 Å². The highest BCUT2D eigenvalue weighted by molar-refractivity contribution is 6.13. The molecule has 2 aliphatic rings. The molecule has 11 aromatic rings. The standard InChI is InChI=1S/C58H36N4/c1-3-15-39(16-4-1)55-59-56(40-17-5-2-6-18-40)61-57(60-55)43-20-13-19-41(35-43)37-29-31-38(32-30-37)42-33-34-49-47(36-42)44-21-7-9-24-48(44)58(49)50-25-10-12-28-53(50)62-52-27-11-8-22-45(52)46-23-14-26-51(58)54(46)62/h1-36H. The van der Waals surface area contributed by atoms with Crippen molar-refractivity contribution in [3.63, 3.8) is 0 Å². The topological polar surface area (TPSA) is 43.6 Å². The second kappa shape index (κ2) is 13.4. The largest absolute Gasteiger partial charge is 0.309 e. The van der Waals surface area contributed by atoms with Gasteiger partial charge in [0.05, 0.1) is 22.1 Å². The quantitative estimate of drug-likeness (QED) is 0.174. The Morgan fingerprint density at radius 3 is 1.55 bits per heavy atom. The van der Waals surface area contributed by atoms with Crippen LogP contribution >= 0.6 is 0 Å². The fraction of sp³-hybridized carbons (Fsp3) is 0.0172. The smallest absolute Gasteiger partial charge is 0.164 e.